The van der Waals surface area contributed by atoms with Crippen molar-refractivity contribution in [2.45, 2.75) is 19.9 Å². The van der Waals surface area contributed by atoms with Gasteiger partial charge in [0, 0.05) is 68.3 Å². The van der Waals surface area contributed by atoms with Crippen LogP contribution in [0.4, 0.5) is 10.9 Å². The molecule has 1 aromatic carbocycles. The van der Waals surface area contributed by atoms with Gasteiger partial charge in [-0.05, 0) is 25.5 Å². The Morgan fingerprint density at radius 3 is 2.67 bits per heavy atom. The highest BCUT2D eigenvalue weighted by Crippen LogP contribution is 2.27. The molecule has 5 rings (SSSR count). The molecular formula is C22H28N6OS. The first-order chi connectivity index (χ1) is 14.8. The summed E-state index contributed by atoms with van der Waals surface area (Å²) in [6.45, 7) is 10.4. The van der Waals surface area contributed by atoms with Crippen molar-refractivity contribution in [1.82, 2.24) is 19.2 Å². The molecule has 158 valence electrons. The normalized spacial score (nSPS) is 18.7. The average Bonchev–Trinajstić information content (AvgIpc) is 3.08. The minimum Gasteiger partial charge on any atom is -0.378 e. The van der Waals surface area contributed by atoms with Gasteiger partial charge in [-0.25, -0.2) is 9.97 Å². The highest BCUT2D eigenvalue weighted by atomic mass is 32.1. The Labute approximate surface area is 181 Å². The molecule has 2 saturated heterocycles. The molecule has 0 bridgehead atoms. The molecule has 4 heterocycles. The van der Waals surface area contributed by atoms with Gasteiger partial charge in [-0.15, -0.1) is 0 Å². The highest BCUT2D eigenvalue weighted by Gasteiger charge is 2.22. The topological polar surface area (TPSA) is 57.6 Å². The number of hydrogen-bond donors (Lipinski definition) is 0. The predicted octanol–water partition coefficient (Wildman–Crippen LogP) is 2.94. The Morgan fingerprint density at radius 1 is 0.967 bits per heavy atom. The maximum Gasteiger partial charge on any atom is 0.205 e. The van der Waals surface area contributed by atoms with Gasteiger partial charge >= 0.3 is 0 Å². The Balaban J connectivity index is 1.37. The number of fused-ring (bicyclic) bond motifs is 1. The van der Waals surface area contributed by atoms with Gasteiger partial charge in [-0.1, -0.05) is 18.2 Å². The maximum absolute atomic E-state index is 5.58. The molecule has 0 saturated carbocycles. The van der Waals surface area contributed by atoms with Crippen LogP contribution in [0.2, 0.25) is 0 Å². The van der Waals surface area contributed by atoms with Crippen LogP contribution >= 0.6 is 11.5 Å². The first-order valence-corrected chi connectivity index (χ1v) is 11.5. The van der Waals surface area contributed by atoms with E-state index in [1.165, 1.54) is 22.5 Å². The lowest BCUT2D eigenvalue weighted by molar-refractivity contribution is 0.122. The summed E-state index contributed by atoms with van der Waals surface area (Å²) in [6.07, 6.45) is 1.13. The van der Waals surface area contributed by atoms with E-state index in [0.29, 0.717) is 0 Å². The minimum absolute atomic E-state index is 0.772. The molecule has 2 fully saturated rings. The third-order valence-corrected chi connectivity index (χ3v) is 6.73. The molecule has 2 aliphatic rings. The molecule has 0 atom stereocenters. The van der Waals surface area contributed by atoms with E-state index >= 15 is 0 Å². The Hall–Kier alpha value is -2.29. The van der Waals surface area contributed by atoms with Crippen molar-refractivity contribution in [3.05, 3.63) is 41.7 Å². The number of nitrogens with zero attached hydrogens (tertiary/aromatic N) is 6. The number of aromatic nitrogens is 3. The summed E-state index contributed by atoms with van der Waals surface area (Å²) in [5, 5.41) is 2.26. The van der Waals surface area contributed by atoms with Crippen LogP contribution < -0.4 is 9.80 Å². The molecule has 7 nitrogen and oxygen atoms in total. The number of morpholine rings is 1. The average molecular weight is 425 g/mol. The fourth-order valence-corrected chi connectivity index (χ4v) is 5.02. The first kappa shape index (κ1) is 19.7. The van der Waals surface area contributed by atoms with E-state index in [2.05, 4.69) is 54.4 Å². The van der Waals surface area contributed by atoms with Crippen LogP contribution in [0.15, 0.2) is 30.3 Å². The van der Waals surface area contributed by atoms with Crippen LogP contribution in [-0.4, -0.2) is 71.7 Å². The second kappa shape index (κ2) is 8.83. The van der Waals surface area contributed by atoms with Crippen molar-refractivity contribution in [2.24, 2.45) is 0 Å². The van der Waals surface area contributed by atoms with E-state index in [9.17, 15) is 0 Å². The largest absolute Gasteiger partial charge is 0.378 e. The van der Waals surface area contributed by atoms with E-state index < -0.39 is 0 Å². The van der Waals surface area contributed by atoms with Gasteiger partial charge in [0.05, 0.1) is 18.7 Å². The van der Waals surface area contributed by atoms with Gasteiger partial charge in [-0.3, -0.25) is 4.90 Å². The number of benzene rings is 1. The number of ether oxygens (including phenoxy) is 1. The Morgan fingerprint density at radius 2 is 1.83 bits per heavy atom. The molecule has 0 unspecified atom stereocenters. The van der Waals surface area contributed by atoms with E-state index in [0.717, 1.165) is 87.7 Å². The summed E-state index contributed by atoms with van der Waals surface area (Å²) in [7, 11) is 0. The van der Waals surface area contributed by atoms with Crippen molar-refractivity contribution >= 4 is 33.4 Å². The summed E-state index contributed by atoms with van der Waals surface area (Å²) in [4.78, 5) is 17.0. The predicted molar refractivity (Wildman–Crippen MR) is 122 cm³/mol. The highest BCUT2D eigenvalue weighted by molar-refractivity contribution is 7.09. The molecule has 0 aliphatic carbocycles. The van der Waals surface area contributed by atoms with Gasteiger partial charge in [0.2, 0.25) is 5.13 Å². The monoisotopic (exact) mass is 424 g/mol. The number of rotatable bonds is 4. The molecule has 0 N–H and O–H groups in total. The zero-order chi connectivity index (χ0) is 20.3. The first-order valence-electron chi connectivity index (χ1n) is 10.8. The Bertz CT molecular complexity index is 1000. The van der Waals surface area contributed by atoms with Gasteiger partial charge in [-0.2, -0.15) is 4.37 Å². The third kappa shape index (κ3) is 4.26. The van der Waals surface area contributed by atoms with E-state index in [1.54, 1.807) is 0 Å². The van der Waals surface area contributed by atoms with E-state index in [4.69, 9.17) is 9.72 Å². The van der Waals surface area contributed by atoms with Crippen LogP contribution in [0.5, 0.6) is 0 Å². The summed E-state index contributed by atoms with van der Waals surface area (Å²) in [5.74, 6) is 1.99. The van der Waals surface area contributed by atoms with Crippen LogP contribution in [0.25, 0.3) is 10.9 Å². The quantitative estimate of drug-likeness (QED) is 0.638. The van der Waals surface area contributed by atoms with Gasteiger partial charge in [0.1, 0.15) is 11.6 Å². The fraction of sp³-hybridized carbons (Fsp3) is 0.500. The molecule has 30 heavy (non-hydrogen) atoms. The van der Waals surface area contributed by atoms with Crippen molar-refractivity contribution in [2.75, 3.05) is 62.3 Å². The summed E-state index contributed by atoms with van der Waals surface area (Å²) in [6, 6.07) is 10.8. The molecule has 3 aromatic rings. The van der Waals surface area contributed by atoms with Gasteiger partial charge in [0.15, 0.2) is 0 Å². The van der Waals surface area contributed by atoms with Crippen molar-refractivity contribution in [1.29, 1.82) is 0 Å². The second-order valence-electron chi connectivity index (χ2n) is 8.00. The van der Waals surface area contributed by atoms with E-state index in [1.807, 2.05) is 6.92 Å². The second-order valence-corrected chi connectivity index (χ2v) is 8.73. The standard InChI is InChI=1S/C22H28N6OS/c1-17-23-22(30-25-17)28-8-4-7-26(9-10-28)16-19-15-18-5-2-3-6-20(18)24-21(19)27-11-13-29-14-12-27/h2-3,5-6,15H,4,7-14,16H2,1H3. The fourth-order valence-electron chi connectivity index (χ4n) is 4.29. The lowest BCUT2D eigenvalue weighted by Gasteiger charge is -2.31. The van der Waals surface area contributed by atoms with Crippen molar-refractivity contribution < 1.29 is 4.74 Å². The van der Waals surface area contributed by atoms with Crippen LogP contribution in [0.3, 0.4) is 0 Å². The lowest BCUT2D eigenvalue weighted by atomic mass is 10.1. The van der Waals surface area contributed by atoms with Crippen LogP contribution in [0, 0.1) is 6.92 Å². The summed E-state index contributed by atoms with van der Waals surface area (Å²) < 4.78 is 9.93. The maximum atomic E-state index is 5.58. The molecule has 0 radical (unpaired) electrons. The summed E-state index contributed by atoms with van der Waals surface area (Å²) >= 11 is 1.51. The van der Waals surface area contributed by atoms with Crippen LogP contribution in [0.1, 0.15) is 17.8 Å². The SMILES string of the molecule is Cc1nsc(N2CCCN(Cc3cc4ccccc4nc3N3CCOCC3)CC2)n1. The molecular weight excluding hydrogens is 396 g/mol. The van der Waals surface area contributed by atoms with Crippen molar-refractivity contribution in [3.63, 3.8) is 0 Å². The lowest BCUT2D eigenvalue weighted by Crippen LogP contribution is -2.38. The zero-order valence-corrected chi connectivity index (χ0v) is 18.3. The molecule has 2 aromatic heterocycles. The third-order valence-electron chi connectivity index (χ3n) is 5.86. The number of pyridine rings is 1. The molecule has 0 spiro atoms. The van der Waals surface area contributed by atoms with Gasteiger partial charge in [0.25, 0.3) is 0 Å². The molecule has 8 heteroatoms. The number of anilines is 2. The number of hydrogen-bond acceptors (Lipinski definition) is 8. The van der Waals surface area contributed by atoms with E-state index in [-0.39, 0.29) is 0 Å². The van der Waals surface area contributed by atoms with Crippen LogP contribution in [-0.2, 0) is 11.3 Å². The number of para-hydroxylation sites is 1. The molecule has 0 amide bonds. The Kier molecular flexibility index (Phi) is 5.79. The van der Waals surface area contributed by atoms with Gasteiger partial charge < -0.3 is 14.5 Å². The molecule has 2 aliphatic heterocycles. The number of aryl methyl sites for hydroxylation is 1. The summed E-state index contributed by atoms with van der Waals surface area (Å²) in [5.41, 5.74) is 2.38. The van der Waals surface area contributed by atoms with Crippen molar-refractivity contribution in [3.8, 4) is 0 Å². The minimum atomic E-state index is 0.772. The zero-order valence-electron chi connectivity index (χ0n) is 17.5. The smallest absolute Gasteiger partial charge is 0.205 e.